The third-order valence-corrected chi connectivity index (χ3v) is 10.7. The van der Waals surface area contributed by atoms with Crippen molar-refractivity contribution < 1.29 is 22.8 Å². The van der Waals surface area contributed by atoms with Gasteiger partial charge in [0, 0.05) is 67.9 Å². The molecule has 2 unspecified atom stereocenters. The second-order valence-electron chi connectivity index (χ2n) is 17.9. The van der Waals surface area contributed by atoms with E-state index in [1.165, 1.54) is 23.7 Å². The van der Waals surface area contributed by atoms with Crippen molar-refractivity contribution in [3.8, 4) is 0 Å². The SMILES string of the molecule is CC(C)(C)CC(=O)Nc1c(Cl)cc(N2CCC3C=CCC=C3C2)cc1C(F)(F)F.Cc1cc(N2CCC3C=CCC=C3C2)cc(C)c1NC(=O)CC(C)(C)C. The number of anilines is 4. The minimum atomic E-state index is -4.63. The first-order chi connectivity index (χ1) is 25.7. The lowest BCUT2D eigenvalue weighted by Crippen LogP contribution is -2.35. The highest BCUT2D eigenvalue weighted by atomic mass is 35.5. The Labute approximate surface area is 330 Å². The number of nitrogens with one attached hydrogen (secondary N) is 2. The third-order valence-electron chi connectivity index (χ3n) is 10.4. The molecule has 2 fully saturated rings. The van der Waals surface area contributed by atoms with Gasteiger partial charge in [0.15, 0.2) is 0 Å². The van der Waals surface area contributed by atoms with Gasteiger partial charge in [-0.25, -0.2) is 0 Å². The topological polar surface area (TPSA) is 64.7 Å². The Bertz CT molecular complexity index is 1860. The van der Waals surface area contributed by atoms with Gasteiger partial charge in [0.25, 0.3) is 0 Å². The zero-order valence-electron chi connectivity index (χ0n) is 33.7. The first kappa shape index (κ1) is 42.2. The molecule has 2 aliphatic carbocycles. The molecular weight excluding hydrogens is 721 g/mol. The molecule has 2 amide bonds. The molecular formula is C45H58ClF3N4O2. The number of benzene rings is 2. The van der Waals surface area contributed by atoms with Crippen LogP contribution in [0.15, 0.2) is 71.9 Å². The summed E-state index contributed by atoms with van der Waals surface area (Å²) in [6.07, 6.45) is 13.4. The van der Waals surface area contributed by atoms with Crippen molar-refractivity contribution in [1.82, 2.24) is 0 Å². The third kappa shape index (κ3) is 11.5. The van der Waals surface area contributed by atoms with Gasteiger partial charge >= 0.3 is 6.18 Å². The monoisotopic (exact) mass is 778 g/mol. The number of amides is 2. The highest BCUT2D eigenvalue weighted by Gasteiger charge is 2.37. The predicted molar refractivity (Wildman–Crippen MR) is 222 cm³/mol. The Hall–Kier alpha value is -3.98. The van der Waals surface area contributed by atoms with Gasteiger partial charge in [0.2, 0.25) is 11.8 Å². The molecule has 2 aromatic carbocycles. The Morgan fingerprint density at radius 2 is 1.15 bits per heavy atom. The van der Waals surface area contributed by atoms with Gasteiger partial charge in [-0.2, -0.15) is 13.2 Å². The van der Waals surface area contributed by atoms with Crippen molar-refractivity contribution in [2.45, 2.75) is 100 Å². The normalized spacial score (nSPS) is 19.7. The Kier molecular flexibility index (Phi) is 13.1. The van der Waals surface area contributed by atoms with Gasteiger partial charge in [-0.1, -0.05) is 89.6 Å². The van der Waals surface area contributed by atoms with E-state index in [0.29, 0.717) is 37.0 Å². The van der Waals surface area contributed by atoms with Crippen LogP contribution in [-0.2, 0) is 15.8 Å². The minimum Gasteiger partial charge on any atom is -0.367 e. The molecule has 2 heterocycles. The van der Waals surface area contributed by atoms with E-state index >= 15 is 0 Å². The maximum Gasteiger partial charge on any atom is 0.418 e. The summed E-state index contributed by atoms with van der Waals surface area (Å²) < 4.78 is 41.4. The van der Waals surface area contributed by atoms with Gasteiger partial charge in [-0.3, -0.25) is 9.59 Å². The van der Waals surface area contributed by atoms with Crippen LogP contribution < -0.4 is 20.4 Å². The second kappa shape index (κ2) is 17.0. The molecule has 0 spiro atoms. The van der Waals surface area contributed by atoms with Gasteiger partial charge in [0.1, 0.15) is 0 Å². The summed E-state index contributed by atoms with van der Waals surface area (Å²) in [6.45, 7) is 19.3. The molecule has 2 saturated heterocycles. The average molecular weight is 779 g/mol. The number of rotatable bonds is 6. The van der Waals surface area contributed by atoms with Crippen molar-refractivity contribution >= 4 is 46.2 Å². The number of alkyl halides is 3. The molecule has 0 aromatic heterocycles. The smallest absolute Gasteiger partial charge is 0.367 e. The van der Waals surface area contributed by atoms with E-state index < -0.39 is 17.6 Å². The Balaban J connectivity index is 0.000000212. The number of fused-ring (bicyclic) bond motifs is 2. The highest BCUT2D eigenvalue weighted by Crippen LogP contribution is 2.43. The minimum absolute atomic E-state index is 0.00165. The maximum atomic E-state index is 13.8. The van der Waals surface area contributed by atoms with E-state index in [-0.39, 0.29) is 33.9 Å². The molecule has 2 atom stereocenters. The molecule has 0 bridgehead atoms. The number of nitrogens with zero attached hydrogens (tertiary/aromatic N) is 2. The lowest BCUT2D eigenvalue weighted by Gasteiger charge is -2.36. The number of carbonyl (C=O) groups is 2. The molecule has 4 aliphatic rings. The molecule has 2 aliphatic heterocycles. The van der Waals surface area contributed by atoms with Gasteiger partial charge < -0.3 is 20.4 Å². The fraction of sp³-hybridized carbons (Fsp3) is 0.511. The molecule has 6 nitrogen and oxygen atoms in total. The van der Waals surface area contributed by atoms with E-state index in [1.807, 2.05) is 25.7 Å². The van der Waals surface area contributed by atoms with Crippen LogP contribution in [0.2, 0.25) is 5.02 Å². The Morgan fingerprint density at radius 1 is 0.709 bits per heavy atom. The fourth-order valence-corrected chi connectivity index (χ4v) is 8.07. The lowest BCUT2D eigenvalue weighted by molar-refractivity contribution is -0.137. The van der Waals surface area contributed by atoms with E-state index in [2.05, 4.69) is 98.7 Å². The number of allylic oxidation sites excluding steroid dienone is 6. The summed E-state index contributed by atoms with van der Waals surface area (Å²) in [5, 5.41) is 5.42. The summed E-state index contributed by atoms with van der Waals surface area (Å²) in [5.41, 5.74) is 6.09. The maximum absolute atomic E-state index is 13.8. The van der Waals surface area contributed by atoms with Crippen molar-refractivity contribution in [1.29, 1.82) is 0 Å². The first-order valence-corrected chi connectivity index (χ1v) is 19.9. The number of piperidine rings is 2. The summed E-state index contributed by atoms with van der Waals surface area (Å²) in [7, 11) is 0. The van der Waals surface area contributed by atoms with Crippen molar-refractivity contribution in [3.05, 3.63) is 93.6 Å². The van der Waals surface area contributed by atoms with Crippen LogP contribution in [0, 0.1) is 36.5 Å². The van der Waals surface area contributed by atoms with E-state index in [4.69, 9.17) is 11.6 Å². The van der Waals surface area contributed by atoms with Crippen molar-refractivity contribution in [3.63, 3.8) is 0 Å². The first-order valence-electron chi connectivity index (χ1n) is 19.5. The van der Waals surface area contributed by atoms with Crippen molar-refractivity contribution in [2.24, 2.45) is 22.7 Å². The summed E-state index contributed by atoms with van der Waals surface area (Å²) >= 11 is 6.25. The predicted octanol–water partition coefficient (Wildman–Crippen LogP) is 11.8. The van der Waals surface area contributed by atoms with Crippen LogP contribution in [0.4, 0.5) is 35.9 Å². The average Bonchev–Trinajstić information content (AvgIpc) is 3.08. The standard InChI is InChI=1S/C23H32N2O.C22H26ClF3N2O/c1-16-12-20(25-11-10-18-8-6-7-9-19(18)15-25)13-17(2)22(16)24-21(26)14-23(3,4)5;1-21(2,3)12-19(29)27-20-17(22(24,25)26)10-16(11-18(20)23)28-9-8-14-6-4-5-7-15(14)13-28/h6,8-9,12-13,18H,7,10-11,14-15H2,1-5H3,(H,24,26);4,6-7,10-11,14H,5,8-9,12-13H2,1-3H3,(H,27,29). The number of carbonyl (C=O) groups excluding carboxylic acids is 2. The highest BCUT2D eigenvalue weighted by molar-refractivity contribution is 6.34. The van der Waals surface area contributed by atoms with E-state index in [0.717, 1.165) is 55.2 Å². The molecule has 0 saturated carbocycles. The van der Waals surface area contributed by atoms with Crippen LogP contribution in [0.25, 0.3) is 0 Å². The van der Waals surface area contributed by atoms with Gasteiger partial charge in [-0.05, 0) is 96.9 Å². The van der Waals surface area contributed by atoms with Crippen molar-refractivity contribution in [2.75, 3.05) is 46.6 Å². The van der Waals surface area contributed by atoms with Gasteiger partial charge in [0.05, 0.1) is 16.3 Å². The van der Waals surface area contributed by atoms with E-state index in [1.54, 1.807) is 5.57 Å². The zero-order chi connectivity index (χ0) is 40.3. The Morgan fingerprint density at radius 3 is 1.58 bits per heavy atom. The number of halogens is 4. The molecule has 55 heavy (non-hydrogen) atoms. The van der Waals surface area contributed by atoms with Crippen LogP contribution in [-0.4, -0.2) is 38.0 Å². The fourth-order valence-electron chi connectivity index (χ4n) is 7.81. The largest absolute Gasteiger partial charge is 0.418 e. The van der Waals surface area contributed by atoms with Crippen LogP contribution in [0.5, 0.6) is 0 Å². The molecule has 2 aromatic rings. The molecule has 6 rings (SSSR count). The lowest BCUT2D eigenvalue weighted by atomic mass is 9.87. The van der Waals surface area contributed by atoms with Crippen LogP contribution >= 0.6 is 11.6 Å². The number of hydrogen-bond donors (Lipinski definition) is 2. The summed E-state index contributed by atoms with van der Waals surface area (Å²) in [5.74, 6) is 0.612. The quantitative estimate of drug-likeness (QED) is 0.287. The zero-order valence-corrected chi connectivity index (χ0v) is 34.5. The number of hydrogen-bond acceptors (Lipinski definition) is 4. The summed E-state index contributed by atoms with van der Waals surface area (Å²) in [4.78, 5) is 29.0. The summed E-state index contributed by atoms with van der Waals surface area (Å²) in [6, 6.07) is 7.06. The molecule has 0 radical (unpaired) electrons. The van der Waals surface area contributed by atoms with Gasteiger partial charge in [-0.15, -0.1) is 0 Å². The molecule has 2 N–H and O–H groups in total. The number of aryl methyl sites for hydroxylation is 2. The molecule has 10 heteroatoms. The van der Waals surface area contributed by atoms with E-state index in [9.17, 15) is 22.8 Å². The molecule has 298 valence electrons. The van der Waals surface area contributed by atoms with Crippen LogP contribution in [0.3, 0.4) is 0 Å². The van der Waals surface area contributed by atoms with Crippen LogP contribution in [0.1, 0.15) is 96.8 Å². The second-order valence-corrected chi connectivity index (χ2v) is 18.3.